The van der Waals surface area contributed by atoms with E-state index < -0.39 is 0 Å². The van der Waals surface area contributed by atoms with Crippen LogP contribution < -0.4 is 0 Å². The smallest absolute Gasteiger partial charge is 0.255 e. The molecule has 0 bridgehead atoms. The van der Waals surface area contributed by atoms with E-state index in [4.69, 9.17) is 0 Å². The maximum Gasteiger partial charge on any atom is 0.255 e. The Kier molecular flexibility index (Phi) is 6.14. The van der Waals surface area contributed by atoms with E-state index in [-0.39, 0.29) is 5.91 Å². The summed E-state index contributed by atoms with van der Waals surface area (Å²) in [6, 6.07) is 6.37. The highest BCUT2D eigenvalue weighted by Gasteiger charge is 2.29. The average Bonchev–Trinajstić information content (AvgIpc) is 2.34. The molecule has 104 valence electrons. The second kappa shape index (κ2) is 7.41. The molecule has 0 heterocycles. The van der Waals surface area contributed by atoms with Crippen LogP contribution in [0.2, 0.25) is 0 Å². The molecule has 0 saturated heterocycles. The minimum atomic E-state index is 0.163. The highest BCUT2D eigenvalue weighted by molar-refractivity contribution is 14.1. The third-order valence-corrected chi connectivity index (χ3v) is 5.39. The maximum atomic E-state index is 12.7. The Morgan fingerprint density at radius 1 is 1.42 bits per heavy atom. The molecule has 5 heteroatoms. The van der Waals surface area contributed by atoms with Crippen molar-refractivity contribution in [1.82, 2.24) is 4.90 Å². The van der Waals surface area contributed by atoms with Gasteiger partial charge < -0.3 is 4.90 Å². The lowest BCUT2D eigenvalue weighted by molar-refractivity contribution is 0.0580. The molecule has 2 nitrogen and oxygen atoms in total. The molecular formula is C14H16Br2INO. The molecule has 0 atom stereocenters. The van der Waals surface area contributed by atoms with Crippen LogP contribution in [0.15, 0.2) is 22.7 Å². The molecular weight excluding hydrogens is 485 g/mol. The summed E-state index contributed by atoms with van der Waals surface area (Å²) >= 11 is 9.20. The summed E-state index contributed by atoms with van der Waals surface area (Å²) in [6.07, 6.45) is 4.55. The van der Waals surface area contributed by atoms with Gasteiger partial charge in [-0.1, -0.05) is 15.9 Å². The van der Waals surface area contributed by atoms with Gasteiger partial charge >= 0.3 is 0 Å². The number of carbonyl (C=O) groups excluding carboxylic acids is 1. The fourth-order valence-electron chi connectivity index (χ4n) is 2.19. The summed E-state index contributed by atoms with van der Waals surface area (Å²) in [4.78, 5) is 14.8. The largest absolute Gasteiger partial charge is 0.336 e. The molecule has 0 radical (unpaired) electrons. The van der Waals surface area contributed by atoms with Crippen molar-refractivity contribution in [3.05, 3.63) is 31.8 Å². The molecule has 0 unspecified atom stereocenters. The Morgan fingerprint density at radius 2 is 2.16 bits per heavy atom. The quantitative estimate of drug-likeness (QED) is 0.419. The summed E-state index contributed by atoms with van der Waals surface area (Å²) in [7, 11) is 0. The topological polar surface area (TPSA) is 20.3 Å². The van der Waals surface area contributed by atoms with Crippen LogP contribution in [0.3, 0.4) is 0 Å². The van der Waals surface area contributed by atoms with Gasteiger partial charge in [-0.15, -0.1) is 0 Å². The van der Waals surface area contributed by atoms with Crippen molar-refractivity contribution >= 4 is 60.4 Å². The van der Waals surface area contributed by atoms with Crippen LogP contribution in [0.25, 0.3) is 0 Å². The number of hydrogen-bond acceptors (Lipinski definition) is 1. The molecule has 0 aromatic heterocycles. The van der Waals surface area contributed by atoms with Crippen LogP contribution in [0.4, 0.5) is 0 Å². The molecule has 1 aliphatic carbocycles. The first-order valence-corrected chi connectivity index (χ1v) is 9.45. The van der Waals surface area contributed by atoms with Gasteiger partial charge in [0, 0.05) is 26.0 Å². The second-order valence-electron chi connectivity index (χ2n) is 4.75. The van der Waals surface area contributed by atoms with E-state index in [1.807, 2.05) is 18.2 Å². The van der Waals surface area contributed by atoms with Crippen LogP contribution in [-0.4, -0.2) is 28.7 Å². The normalized spacial score (nSPS) is 15.1. The van der Waals surface area contributed by atoms with E-state index >= 15 is 0 Å². The predicted octanol–water partition coefficient (Wildman–Crippen LogP) is 4.83. The van der Waals surface area contributed by atoms with Gasteiger partial charge in [-0.3, -0.25) is 4.79 Å². The van der Waals surface area contributed by atoms with Gasteiger partial charge in [-0.2, -0.15) is 0 Å². The Balaban J connectivity index is 2.19. The predicted molar refractivity (Wildman–Crippen MR) is 93.9 cm³/mol. The van der Waals surface area contributed by atoms with Gasteiger partial charge in [0.25, 0.3) is 5.91 Å². The zero-order valence-corrected chi connectivity index (χ0v) is 15.9. The molecule has 0 N–H and O–H groups in total. The highest BCUT2D eigenvalue weighted by atomic mass is 127. The zero-order chi connectivity index (χ0) is 13.8. The third-order valence-electron chi connectivity index (χ3n) is 3.47. The lowest BCUT2D eigenvalue weighted by Crippen LogP contribution is -2.45. The molecule has 0 spiro atoms. The molecule has 1 fully saturated rings. The first kappa shape index (κ1) is 15.8. The van der Waals surface area contributed by atoms with E-state index in [9.17, 15) is 4.79 Å². The van der Waals surface area contributed by atoms with E-state index in [1.165, 1.54) is 6.42 Å². The minimum Gasteiger partial charge on any atom is -0.336 e. The van der Waals surface area contributed by atoms with E-state index in [1.54, 1.807) is 0 Å². The molecule has 2 rings (SSSR count). The number of amides is 1. The lowest BCUT2D eigenvalue weighted by atomic mass is 9.91. The maximum absolute atomic E-state index is 12.7. The average molecular weight is 501 g/mol. The number of nitrogens with zero attached hydrogens (tertiary/aromatic N) is 1. The van der Waals surface area contributed by atoms with Crippen LogP contribution in [0, 0.1) is 3.57 Å². The highest BCUT2D eigenvalue weighted by Crippen LogP contribution is 2.29. The first-order chi connectivity index (χ1) is 9.13. The zero-order valence-electron chi connectivity index (χ0n) is 10.5. The Morgan fingerprint density at radius 3 is 2.74 bits per heavy atom. The summed E-state index contributed by atoms with van der Waals surface area (Å²) in [6.45, 7) is 0.840. The van der Waals surface area contributed by atoms with Crippen molar-refractivity contribution < 1.29 is 4.79 Å². The molecule has 0 aliphatic heterocycles. The standard InChI is InChI=1S/C14H16Br2INO/c15-7-2-8-18(11-3-1-4-11)14(19)12-9-10(17)5-6-13(12)16/h5-6,9,11H,1-4,7-8H2. The number of carbonyl (C=O) groups is 1. The van der Waals surface area contributed by atoms with E-state index in [2.05, 4.69) is 59.4 Å². The van der Waals surface area contributed by atoms with Gasteiger partial charge in [-0.25, -0.2) is 0 Å². The fraction of sp³-hybridized carbons (Fsp3) is 0.500. The Bertz CT molecular complexity index is 463. The molecule has 1 amide bonds. The number of rotatable bonds is 5. The minimum absolute atomic E-state index is 0.163. The Hall–Kier alpha value is 0.380. The number of alkyl halides is 1. The molecule has 1 aromatic carbocycles. The molecule has 1 aliphatic rings. The number of benzene rings is 1. The van der Waals surface area contributed by atoms with Gasteiger partial charge in [0.15, 0.2) is 0 Å². The molecule has 1 saturated carbocycles. The number of halogens is 3. The Labute approximate surface area is 144 Å². The monoisotopic (exact) mass is 499 g/mol. The van der Waals surface area contributed by atoms with Crippen LogP contribution in [-0.2, 0) is 0 Å². The first-order valence-electron chi connectivity index (χ1n) is 6.45. The van der Waals surface area contributed by atoms with Gasteiger partial charge in [0.05, 0.1) is 5.56 Å². The van der Waals surface area contributed by atoms with Crippen molar-refractivity contribution in [2.75, 3.05) is 11.9 Å². The summed E-state index contributed by atoms with van der Waals surface area (Å²) in [5, 5.41) is 0.941. The van der Waals surface area contributed by atoms with E-state index in [0.717, 1.165) is 44.7 Å². The second-order valence-corrected chi connectivity index (χ2v) is 7.64. The summed E-state index contributed by atoms with van der Waals surface area (Å²) in [5.41, 5.74) is 0.786. The van der Waals surface area contributed by atoms with Crippen molar-refractivity contribution in [1.29, 1.82) is 0 Å². The lowest BCUT2D eigenvalue weighted by Gasteiger charge is -2.37. The van der Waals surface area contributed by atoms with Gasteiger partial charge in [-0.05, 0) is 82.4 Å². The number of hydrogen-bond donors (Lipinski definition) is 0. The molecule has 19 heavy (non-hydrogen) atoms. The van der Waals surface area contributed by atoms with E-state index in [0.29, 0.717) is 6.04 Å². The summed E-state index contributed by atoms with van der Waals surface area (Å²) < 4.78 is 1.99. The summed E-state index contributed by atoms with van der Waals surface area (Å²) in [5.74, 6) is 0.163. The van der Waals surface area contributed by atoms with Crippen molar-refractivity contribution in [2.24, 2.45) is 0 Å². The van der Waals surface area contributed by atoms with Gasteiger partial charge in [0.1, 0.15) is 0 Å². The van der Waals surface area contributed by atoms with Crippen LogP contribution in [0.1, 0.15) is 36.0 Å². The van der Waals surface area contributed by atoms with Gasteiger partial charge in [0.2, 0.25) is 0 Å². The van der Waals surface area contributed by atoms with Crippen molar-refractivity contribution in [3.8, 4) is 0 Å². The SMILES string of the molecule is O=C(c1cc(I)ccc1Br)N(CCCBr)C1CCC1. The van der Waals surface area contributed by atoms with Crippen LogP contribution >= 0.6 is 54.5 Å². The van der Waals surface area contributed by atoms with Crippen molar-refractivity contribution in [2.45, 2.75) is 31.7 Å². The molecule has 1 aromatic rings. The third kappa shape index (κ3) is 3.94. The van der Waals surface area contributed by atoms with Crippen molar-refractivity contribution in [3.63, 3.8) is 0 Å². The fourth-order valence-corrected chi connectivity index (χ4v) is 3.35. The van der Waals surface area contributed by atoms with Crippen LogP contribution in [0.5, 0.6) is 0 Å².